The highest BCUT2D eigenvalue weighted by Crippen LogP contribution is 2.27. The van der Waals surface area contributed by atoms with Crippen molar-refractivity contribution < 1.29 is 42.9 Å². The second-order valence-corrected chi connectivity index (χ2v) is 13.5. The molecule has 0 radical (unpaired) electrons. The Labute approximate surface area is 288 Å². The number of aliphatic carboxylic acids is 1. The molecule has 4 bridgehead atoms. The lowest BCUT2D eigenvalue weighted by molar-refractivity contribution is -0.154. The standard InChI is InChI=1S/C36H42FN5O8/c1-5-12-41-19-23(25-17-24(37)9-10-28(25)41)16-27-33(45)42-13-11-29(31(42)34(46)47)49-20-30(43)38-18-22-8-6-7-21(14-22)15-26(32(44)39-27)40-35(48)50-36(2,3)4/h5-10,14,17,19,26-27,29,31H,1,11-13,15-16,18,20H2,2-4H3,(H,38,43)(H,39,44)(H,40,48)(H,46,47)/t26-,27-,29-,31-/m0/s1. The molecule has 2 aliphatic heterocycles. The zero-order chi connectivity index (χ0) is 36.2. The number of carboxylic acid groups (broad SMARTS) is 1. The molecular weight excluding hydrogens is 649 g/mol. The van der Waals surface area contributed by atoms with Crippen LogP contribution in [0.4, 0.5) is 9.18 Å². The summed E-state index contributed by atoms with van der Waals surface area (Å²) in [6.07, 6.45) is 1.53. The number of alkyl carbamates (subject to hydrolysis) is 1. The van der Waals surface area contributed by atoms with Crippen LogP contribution in [0.25, 0.3) is 10.9 Å². The molecule has 13 nitrogen and oxygen atoms in total. The minimum Gasteiger partial charge on any atom is -0.480 e. The molecule has 2 aliphatic rings. The van der Waals surface area contributed by atoms with Crippen molar-refractivity contribution in [2.24, 2.45) is 0 Å². The minimum atomic E-state index is -1.45. The number of benzene rings is 2. The molecule has 1 fully saturated rings. The number of rotatable bonds is 6. The molecule has 4 N–H and O–H groups in total. The van der Waals surface area contributed by atoms with Gasteiger partial charge in [-0.1, -0.05) is 30.3 Å². The molecule has 0 aliphatic carbocycles. The summed E-state index contributed by atoms with van der Waals surface area (Å²) in [5, 5.41) is 18.9. The summed E-state index contributed by atoms with van der Waals surface area (Å²) in [7, 11) is 0. The molecule has 5 rings (SSSR count). The lowest BCUT2D eigenvalue weighted by Crippen LogP contribution is -2.58. The number of allylic oxidation sites excluding steroid dienone is 1. The van der Waals surface area contributed by atoms with Crippen molar-refractivity contribution in [2.75, 3.05) is 13.2 Å². The van der Waals surface area contributed by atoms with Crippen LogP contribution in [0.15, 0.2) is 61.3 Å². The van der Waals surface area contributed by atoms with E-state index in [1.807, 2.05) is 4.57 Å². The summed E-state index contributed by atoms with van der Waals surface area (Å²) >= 11 is 0. The molecule has 4 amide bonds. The first-order valence-corrected chi connectivity index (χ1v) is 16.4. The molecule has 4 atom stereocenters. The van der Waals surface area contributed by atoms with Crippen molar-refractivity contribution in [2.45, 2.75) is 83.0 Å². The van der Waals surface area contributed by atoms with E-state index in [0.29, 0.717) is 34.1 Å². The van der Waals surface area contributed by atoms with E-state index in [9.17, 15) is 33.5 Å². The number of carbonyl (C=O) groups is 5. The maximum Gasteiger partial charge on any atom is 0.408 e. The zero-order valence-corrected chi connectivity index (χ0v) is 28.2. The number of amides is 4. The van der Waals surface area contributed by atoms with Gasteiger partial charge in [0.2, 0.25) is 17.7 Å². The second kappa shape index (κ2) is 15.1. The summed E-state index contributed by atoms with van der Waals surface area (Å²) in [6, 6.07) is 7.29. The molecule has 3 heterocycles. The van der Waals surface area contributed by atoms with Gasteiger partial charge in [0.1, 0.15) is 30.1 Å². The number of aromatic nitrogens is 1. The van der Waals surface area contributed by atoms with Crippen LogP contribution in [0, 0.1) is 5.82 Å². The van der Waals surface area contributed by atoms with E-state index in [-0.39, 0.29) is 32.4 Å². The molecule has 0 unspecified atom stereocenters. The van der Waals surface area contributed by atoms with Gasteiger partial charge in [-0.05, 0) is 62.1 Å². The Balaban J connectivity index is 1.57. The fraction of sp³-hybridized carbons (Fsp3) is 0.417. The maximum absolute atomic E-state index is 14.5. The highest BCUT2D eigenvalue weighted by molar-refractivity contribution is 5.94. The third kappa shape index (κ3) is 8.67. The number of fused-ring (bicyclic) bond motifs is 5. The fourth-order valence-corrected chi connectivity index (χ4v) is 6.36. The average Bonchev–Trinajstić information content (AvgIpc) is 3.62. The fourth-order valence-electron chi connectivity index (χ4n) is 6.36. The van der Waals surface area contributed by atoms with Gasteiger partial charge < -0.3 is 40.0 Å². The lowest BCUT2D eigenvalue weighted by Gasteiger charge is -2.30. The number of nitrogens with zero attached hydrogens (tertiary/aromatic N) is 2. The normalized spacial score (nSPS) is 22.0. The molecule has 0 spiro atoms. The lowest BCUT2D eigenvalue weighted by atomic mass is 10.0. The summed E-state index contributed by atoms with van der Waals surface area (Å²) in [6.45, 7) is 8.89. The van der Waals surface area contributed by atoms with Gasteiger partial charge >= 0.3 is 12.1 Å². The van der Waals surface area contributed by atoms with E-state index in [1.165, 1.54) is 12.1 Å². The number of carbonyl (C=O) groups excluding carboxylic acids is 4. The van der Waals surface area contributed by atoms with Crippen molar-refractivity contribution in [3.8, 4) is 0 Å². The summed E-state index contributed by atoms with van der Waals surface area (Å²) in [4.78, 5) is 67.9. The van der Waals surface area contributed by atoms with Crippen LogP contribution in [0.1, 0.15) is 43.9 Å². The van der Waals surface area contributed by atoms with Gasteiger partial charge in [0.15, 0.2) is 6.04 Å². The number of hydrogen-bond donors (Lipinski definition) is 4. The van der Waals surface area contributed by atoms with E-state index < -0.39 is 72.0 Å². The first-order valence-electron chi connectivity index (χ1n) is 16.4. The van der Waals surface area contributed by atoms with Gasteiger partial charge in [-0.15, -0.1) is 6.58 Å². The monoisotopic (exact) mass is 691 g/mol. The Morgan fingerprint density at radius 1 is 1.16 bits per heavy atom. The highest BCUT2D eigenvalue weighted by Gasteiger charge is 2.45. The molecular formula is C36H42FN5O8. The summed E-state index contributed by atoms with van der Waals surface area (Å²) in [5.74, 6) is -3.76. The quantitative estimate of drug-likeness (QED) is 0.286. The van der Waals surface area contributed by atoms with E-state index in [4.69, 9.17) is 9.47 Å². The number of ether oxygens (including phenoxy) is 2. The van der Waals surface area contributed by atoms with Crippen LogP contribution >= 0.6 is 0 Å². The van der Waals surface area contributed by atoms with Crippen molar-refractivity contribution in [1.82, 2.24) is 25.4 Å². The van der Waals surface area contributed by atoms with Crippen LogP contribution in [0.5, 0.6) is 0 Å². The Morgan fingerprint density at radius 2 is 1.92 bits per heavy atom. The van der Waals surface area contributed by atoms with Crippen LogP contribution in [-0.2, 0) is 54.6 Å². The van der Waals surface area contributed by atoms with Crippen molar-refractivity contribution in [3.05, 3.63) is 83.8 Å². The van der Waals surface area contributed by atoms with Crippen molar-refractivity contribution in [1.29, 1.82) is 0 Å². The molecule has 0 saturated carbocycles. The van der Waals surface area contributed by atoms with Gasteiger partial charge in [-0.2, -0.15) is 0 Å². The van der Waals surface area contributed by atoms with Crippen LogP contribution in [0.3, 0.4) is 0 Å². The van der Waals surface area contributed by atoms with E-state index in [2.05, 4.69) is 22.5 Å². The van der Waals surface area contributed by atoms with Crippen molar-refractivity contribution >= 4 is 40.7 Å². The van der Waals surface area contributed by atoms with Gasteiger partial charge in [-0.25, -0.2) is 14.0 Å². The van der Waals surface area contributed by atoms with E-state index >= 15 is 0 Å². The average molecular weight is 692 g/mol. The SMILES string of the molecule is C=CCn1cc(C[C@@H]2NC(=O)[C@@H](NC(=O)OC(C)(C)C)Cc3cccc(c3)CNC(=O)CO[C@H]3CCN(C2=O)[C@@H]3C(=O)O)c2cc(F)ccc21. The number of halogens is 1. The molecule has 2 aromatic carbocycles. The van der Waals surface area contributed by atoms with Gasteiger partial charge in [-0.3, -0.25) is 14.4 Å². The van der Waals surface area contributed by atoms with Gasteiger partial charge in [0, 0.05) is 49.6 Å². The smallest absolute Gasteiger partial charge is 0.408 e. The van der Waals surface area contributed by atoms with Crippen LogP contribution < -0.4 is 16.0 Å². The van der Waals surface area contributed by atoms with Gasteiger partial charge in [0.25, 0.3) is 0 Å². The summed E-state index contributed by atoms with van der Waals surface area (Å²) < 4.78 is 27.5. The molecule has 3 aromatic rings. The van der Waals surface area contributed by atoms with Crippen molar-refractivity contribution in [3.63, 3.8) is 0 Å². The summed E-state index contributed by atoms with van der Waals surface area (Å²) in [5.41, 5.74) is 1.68. The Kier molecular flexibility index (Phi) is 10.9. The molecule has 1 aromatic heterocycles. The molecule has 266 valence electrons. The minimum absolute atomic E-state index is 0.00965. The van der Waals surface area contributed by atoms with E-state index in [0.717, 1.165) is 4.90 Å². The predicted octanol–water partition coefficient (Wildman–Crippen LogP) is 2.83. The number of nitrogens with one attached hydrogen (secondary N) is 3. The molecule has 50 heavy (non-hydrogen) atoms. The third-order valence-corrected chi connectivity index (χ3v) is 8.53. The largest absolute Gasteiger partial charge is 0.480 e. The number of carboxylic acids is 1. The zero-order valence-electron chi connectivity index (χ0n) is 28.2. The Morgan fingerprint density at radius 3 is 2.64 bits per heavy atom. The highest BCUT2D eigenvalue weighted by atomic mass is 19.1. The van der Waals surface area contributed by atoms with Gasteiger partial charge in [0.05, 0.1) is 6.10 Å². The topological polar surface area (TPSA) is 168 Å². The first-order chi connectivity index (χ1) is 23.7. The molecule has 1 saturated heterocycles. The predicted molar refractivity (Wildman–Crippen MR) is 180 cm³/mol. The number of hydrogen-bond acceptors (Lipinski definition) is 7. The Bertz CT molecular complexity index is 1800. The van der Waals surface area contributed by atoms with E-state index in [1.54, 1.807) is 63.4 Å². The van der Waals surface area contributed by atoms with Crippen LogP contribution in [0.2, 0.25) is 0 Å². The Hall–Kier alpha value is -5.24. The maximum atomic E-state index is 14.5. The van der Waals surface area contributed by atoms with Crippen LogP contribution in [-0.4, -0.2) is 87.3 Å². The molecule has 14 heteroatoms. The second-order valence-electron chi connectivity index (χ2n) is 13.5. The first kappa shape index (κ1) is 36.1. The third-order valence-electron chi connectivity index (χ3n) is 8.53.